The molecule has 0 unspecified atom stereocenters. The minimum Gasteiger partial charge on any atom is -0.309 e. The second-order valence-electron chi connectivity index (χ2n) is 0.734. The molecule has 0 aliphatic heterocycles. The molecule has 0 aromatic carbocycles. The highest BCUT2D eigenvalue weighted by Crippen LogP contribution is 1.37. The van der Waals surface area contributed by atoms with E-state index in [1.54, 1.807) is 0 Å². The maximum Gasteiger partial charge on any atom is 0.0571 e. The van der Waals surface area contributed by atoms with Gasteiger partial charge in [-0.1, -0.05) is 5.92 Å². The maximum atomic E-state index is 4.83. The van der Waals surface area contributed by atoms with Crippen LogP contribution in [0, 0.1) is 12.3 Å². The molecule has 0 rings (SSSR count). The molecule has 0 saturated heterocycles. The van der Waals surface area contributed by atoms with Crippen molar-refractivity contribution >= 4 is 0 Å². The summed E-state index contributed by atoms with van der Waals surface area (Å²) < 4.78 is 0. The Morgan fingerprint density at radius 3 is 2.80 bits per heavy atom. The van der Waals surface area contributed by atoms with Gasteiger partial charge in [0.15, 0.2) is 0 Å². The molecular formula is C4H9N. The van der Waals surface area contributed by atoms with Crippen molar-refractivity contribution in [2.75, 3.05) is 13.6 Å². The van der Waals surface area contributed by atoms with Gasteiger partial charge in [0.05, 0.1) is 6.54 Å². The van der Waals surface area contributed by atoms with Gasteiger partial charge in [0.1, 0.15) is 0 Å². The Morgan fingerprint density at radius 2 is 2.80 bits per heavy atom. The third kappa shape index (κ3) is 3.52. The lowest BCUT2D eigenvalue weighted by Crippen LogP contribution is -2.03. The number of rotatable bonds is 1. The van der Waals surface area contributed by atoms with Crippen molar-refractivity contribution in [3.05, 3.63) is 0 Å². The molecule has 0 aromatic rings. The molecule has 1 N–H and O–H groups in total. The SMILES string of the molecule is C#CCNC.[HH]. The number of hydrogen-bond acceptors (Lipinski definition) is 1. The second-order valence-corrected chi connectivity index (χ2v) is 0.734. The van der Waals surface area contributed by atoms with Crippen LogP contribution in [0.3, 0.4) is 0 Å². The Morgan fingerprint density at radius 1 is 2.20 bits per heavy atom. The van der Waals surface area contributed by atoms with Gasteiger partial charge in [-0.3, -0.25) is 0 Å². The summed E-state index contributed by atoms with van der Waals surface area (Å²) in [5.41, 5.74) is 0. The van der Waals surface area contributed by atoms with Gasteiger partial charge in [0.25, 0.3) is 0 Å². The van der Waals surface area contributed by atoms with Crippen molar-refractivity contribution in [3.8, 4) is 12.3 Å². The molecule has 0 amide bonds. The van der Waals surface area contributed by atoms with Crippen molar-refractivity contribution in [1.82, 2.24) is 5.32 Å². The highest BCUT2D eigenvalue weighted by atomic mass is 14.8. The van der Waals surface area contributed by atoms with Crippen LogP contribution in [0.4, 0.5) is 0 Å². The summed E-state index contributed by atoms with van der Waals surface area (Å²) in [5, 5.41) is 2.78. The molecule has 0 aliphatic carbocycles. The average Bonchev–Trinajstić information content (AvgIpc) is 1.41. The zero-order valence-corrected chi connectivity index (χ0v) is 3.28. The summed E-state index contributed by atoms with van der Waals surface area (Å²) in [4.78, 5) is 0. The van der Waals surface area contributed by atoms with E-state index in [1.165, 1.54) is 0 Å². The molecule has 1 nitrogen and oxygen atoms in total. The van der Waals surface area contributed by atoms with E-state index in [0.717, 1.165) is 0 Å². The number of nitrogens with one attached hydrogen (secondary N) is 1. The quantitative estimate of drug-likeness (QED) is 0.432. The van der Waals surface area contributed by atoms with Gasteiger partial charge in [-0.25, -0.2) is 0 Å². The maximum absolute atomic E-state index is 4.83. The normalized spacial score (nSPS) is 6.40. The molecule has 0 aromatic heterocycles. The fourth-order valence-corrected chi connectivity index (χ4v) is 0.102. The lowest BCUT2D eigenvalue weighted by Gasteiger charge is -1.76. The van der Waals surface area contributed by atoms with Crippen molar-refractivity contribution < 1.29 is 1.43 Å². The topological polar surface area (TPSA) is 12.0 Å². The fraction of sp³-hybridized carbons (Fsp3) is 0.500. The van der Waals surface area contributed by atoms with Crippen LogP contribution >= 0.6 is 0 Å². The zero-order valence-electron chi connectivity index (χ0n) is 3.28. The van der Waals surface area contributed by atoms with Gasteiger partial charge in [-0.05, 0) is 7.05 Å². The molecule has 0 saturated carbocycles. The van der Waals surface area contributed by atoms with Crippen LogP contribution in [-0.2, 0) is 0 Å². The highest BCUT2D eigenvalue weighted by molar-refractivity contribution is 4.85. The van der Waals surface area contributed by atoms with E-state index in [-0.39, 0.29) is 1.43 Å². The van der Waals surface area contributed by atoms with Gasteiger partial charge in [0.2, 0.25) is 0 Å². The minimum absolute atomic E-state index is 0. The molecule has 0 bridgehead atoms. The summed E-state index contributed by atoms with van der Waals surface area (Å²) in [6.45, 7) is 0.667. The molecule has 5 heavy (non-hydrogen) atoms. The van der Waals surface area contributed by atoms with Crippen LogP contribution in [0.15, 0.2) is 0 Å². The van der Waals surface area contributed by atoms with Gasteiger partial charge >= 0.3 is 0 Å². The first-order valence-electron chi connectivity index (χ1n) is 1.50. The first kappa shape index (κ1) is 4.52. The van der Waals surface area contributed by atoms with Crippen molar-refractivity contribution in [2.24, 2.45) is 0 Å². The number of terminal acetylenes is 1. The number of hydrogen-bond donors (Lipinski definition) is 1. The van der Waals surface area contributed by atoms with Crippen LogP contribution in [-0.4, -0.2) is 13.6 Å². The predicted molar refractivity (Wildman–Crippen MR) is 24.9 cm³/mol. The standard InChI is InChI=1S/C4H7N.H2/c1-3-4-5-2;/h1,5H,4H2,2H3;1H. The fourth-order valence-electron chi connectivity index (χ4n) is 0.102. The van der Waals surface area contributed by atoms with Crippen LogP contribution in [0.25, 0.3) is 0 Å². The van der Waals surface area contributed by atoms with Crippen LogP contribution < -0.4 is 5.32 Å². The summed E-state index contributed by atoms with van der Waals surface area (Å²) >= 11 is 0. The molecular weight excluding hydrogens is 62.1 g/mol. The van der Waals surface area contributed by atoms with Gasteiger partial charge < -0.3 is 5.32 Å². The third-order valence-electron chi connectivity index (χ3n) is 0.279. The molecule has 0 radical (unpaired) electrons. The monoisotopic (exact) mass is 71.1 g/mol. The summed E-state index contributed by atoms with van der Waals surface area (Å²) in [5.74, 6) is 2.41. The van der Waals surface area contributed by atoms with E-state index in [9.17, 15) is 0 Å². The van der Waals surface area contributed by atoms with Gasteiger partial charge in [-0.15, -0.1) is 6.42 Å². The minimum atomic E-state index is 0. The first-order chi connectivity index (χ1) is 2.41. The van der Waals surface area contributed by atoms with E-state index in [2.05, 4.69) is 11.2 Å². The Kier molecular flexibility index (Phi) is 3.18. The van der Waals surface area contributed by atoms with Crippen LogP contribution in [0.5, 0.6) is 0 Å². The smallest absolute Gasteiger partial charge is 0.0571 e. The van der Waals surface area contributed by atoms with E-state index in [0.29, 0.717) is 6.54 Å². The molecule has 0 fully saturated rings. The summed E-state index contributed by atoms with van der Waals surface area (Å²) in [6.07, 6.45) is 4.83. The van der Waals surface area contributed by atoms with Gasteiger partial charge in [-0.2, -0.15) is 0 Å². The molecule has 0 heterocycles. The van der Waals surface area contributed by atoms with E-state index >= 15 is 0 Å². The van der Waals surface area contributed by atoms with Crippen molar-refractivity contribution in [2.45, 2.75) is 0 Å². The Hall–Kier alpha value is -0.480. The van der Waals surface area contributed by atoms with Crippen molar-refractivity contribution in [1.29, 1.82) is 0 Å². The molecule has 0 spiro atoms. The van der Waals surface area contributed by atoms with Gasteiger partial charge in [0, 0.05) is 1.43 Å². The third-order valence-corrected chi connectivity index (χ3v) is 0.279. The Bertz CT molecular complexity index is 46.0. The van der Waals surface area contributed by atoms with Crippen molar-refractivity contribution in [3.63, 3.8) is 0 Å². The average molecular weight is 71.1 g/mol. The second kappa shape index (κ2) is 3.52. The summed E-state index contributed by atoms with van der Waals surface area (Å²) in [6, 6.07) is 0. The molecule has 30 valence electrons. The Labute approximate surface area is 33.9 Å². The van der Waals surface area contributed by atoms with Crippen LogP contribution in [0.2, 0.25) is 0 Å². The first-order valence-corrected chi connectivity index (χ1v) is 1.50. The summed E-state index contributed by atoms with van der Waals surface area (Å²) in [7, 11) is 1.82. The largest absolute Gasteiger partial charge is 0.309 e. The molecule has 0 aliphatic rings. The predicted octanol–water partition coefficient (Wildman–Crippen LogP) is 0.0850. The van der Waals surface area contributed by atoms with E-state index in [4.69, 9.17) is 6.42 Å². The lowest BCUT2D eigenvalue weighted by molar-refractivity contribution is 0.939. The Balaban J connectivity index is 0. The molecule has 0 atom stereocenters. The van der Waals surface area contributed by atoms with E-state index in [1.807, 2.05) is 7.05 Å². The van der Waals surface area contributed by atoms with E-state index < -0.39 is 0 Å². The zero-order chi connectivity index (χ0) is 4.12. The van der Waals surface area contributed by atoms with Crippen LogP contribution in [0.1, 0.15) is 1.43 Å². The lowest BCUT2D eigenvalue weighted by atomic mass is 10.7. The molecule has 1 heteroatoms. The highest BCUT2D eigenvalue weighted by Gasteiger charge is 1.56.